The fourth-order valence-electron chi connectivity index (χ4n) is 3.14. The minimum absolute atomic E-state index is 0.269. The van der Waals surface area contributed by atoms with Gasteiger partial charge in [-0.05, 0) is 50.6 Å². The van der Waals surface area contributed by atoms with Gasteiger partial charge in [0.05, 0.1) is 6.54 Å². The van der Waals surface area contributed by atoms with Gasteiger partial charge in [0.25, 0.3) is 0 Å². The van der Waals surface area contributed by atoms with Gasteiger partial charge in [-0.25, -0.2) is 4.79 Å². The third kappa shape index (κ3) is 8.38. The predicted molar refractivity (Wildman–Crippen MR) is 104 cm³/mol. The highest BCUT2D eigenvalue weighted by Gasteiger charge is 2.28. The molecule has 2 amide bonds. The first-order valence-electron chi connectivity index (χ1n) is 9.00. The van der Waals surface area contributed by atoms with E-state index in [1.807, 2.05) is 12.1 Å². The second kappa shape index (κ2) is 10.2. The molecule has 1 aliphatic rings. The van der Waals surface area contributed by atoms with Gasteiger partial charge in [0, 0.05) is 36.3 Å². The van der Waals surface area contributed by atoms with Gasteiger partial charge in [-0.15, -0.1) is 0 Å². The molecule has 27 heavy (non-hydrogen) atoms. The van der Waals surface area contributed by atoms with Crippen LogP contribution in [0, 0.1) is 5.92 Å². The van der Waals surface area contributed by atoms with Gasteiger partial charge >= 0.3 is 12.2 Å². The first kappa shape index (κ1) is 21.8. The number of nitrogens with one attached hydrogen (secondary N) is 2. The Kier molecular flexibility index (Phi) is 8.22. The van der Waals surface area contributed by atoms with Crippen LogP contribution in [0.25, 0.3) is 0 Å². The fourth-order valence-corrected chi connectivity index (χ4v) is 3.53. The maximum Gasteiger partial charge on any atom is 0.401 e. The van der Waals surface area contributed by atoms with E-state index in [2.05, 4.69) is 43.6 Å². The Balaban J connectivity index is 1.58. The molecule has 0 bridgehead atoms. The van der Waals surface area contributed by atoms with Gasteiger partial charge in [-0.3, -0.25) is 4.90 Å². The molecule has 2 rings (SSSR count). The van der Waals surface area contributed by atoms with Gasteiger partial charge in [0.15, 0.2) is 0 Å². The van der Waals surface area contributed by atoms with E-state index in [1.165, 1.54) is 17.6 Å². The van der Waals surface area contributed by atoms with Crippen LogP contribution in [0.15, 0.2) is 28.7 Å². The molecule has 1 aliphatic heterocycles. The number of rotatable bonds is 8. The van der Waals surface area contributed by atoms with Crippen LogP contribution < -0.4 is 15.5 Å². The lowest BCUT2D eigenvalue weighted by atomic mass is 10.1. The molecule has 1 atom stereocenters. The summed E-state index contributed by atoms with van der Waals surface area (Å²) in [5.74, 6) is 0.382. The van der Waals surface area contributed by atoms with Crippen molar-refractivity contribution < 1.29 is 18.0 Å². The third-order valence-corrected chi connectivity index (χ3v) is 4.96. The zero-order valence-electron chi connectivity index (χ0n) is 15.4. The zero-order chi connectivity index (χ0) is 19.9. The maximum absolute atomic E-state index is 12.2. The highest BCUT2D eigenvalue weighted by Crippen LogP contribution is 2.25. The number of amides is 2. The van der Waals surface area contributed by atoms with Gasteiger partial charge in [-0.1, -0.05) is 22.0 Å². The summed E-state index contributed by atoms with van der Waals surface area (Å²) in [6.07, 6.45) is -2.71. The molecular weight excluding hydrogens is 425 g/mol. The third-order valence-electron chi connectivity index (χ3n) is 4.46. The van der Waals surface area contributed by atoms with Crippen molar-refractivity contribution in [3.63, 3.8) is 0 Å². The molecule has 1 unspecified atom stereocenters. The number of carbonyl (C=O) groups excluding carboxylic acids is 1. The van der Waals surface area contributed by atoms with Crippen molar-refractivity contribution in [2.75, 3.05) is 51.2 Å². The summed E-state index contributed by atoms with van der Waals surface area (Å²) in [6.45, 7) is 2.13. The highest BCUT2D eigenvalue weighted by atomic mass is 79.9. The van der Waals surface area contributed by atoms with Gasteiger partial charge in [0.2, 0.25) is 0 Å². The summed E-state index contributed by atoms with van der Waals surface area (Å²) in [4.78, 5) is 15.3. The van der Waals surface area contributed by atoms with Crippen molar-refractivity contribution in [3.05, 3.63) is 28.7 Å². The van der Waals surface area contributed by atoms with E-state index in [0.717, 1.165) is 24.0 Å². The van der Waals surface area contributed by atoms with E-state index in [4.69, 9.17) is 0 Å². The standard InChI is InChI=1S/C18H26BrF3N4O/c1-25(13-18(20,21)22)8-3-7-23-17(27)24-11-14-6-9-26(12-14)16-5-2-4-15(19)10-16/h2,4-5,10,14H,3,6-9,11-13H2,1H3,(H2,23,24,27). The Bertz CT molecular complexity index is 615. The lowest BCUT2D eigenvalue weighted by Gasteiger charge is -2.19. The summed E-state index contributed by atoms with van der Waals surface area (Å²) in [5.41, 5.74) is 1.17. The topological polar surface area (TPSA) is 47.6 Å². The lowest BCUT2D eigenvalue weighted by molar-refractivity contribution is -0.143. The predicted octanol–water partition coefficient (Wildman–Crippen LogP) is 3.46. The second-order valence-electron chi connectivity index (χ2n) is 6.92. The number of anilines is 1. The average molecular weight is 451 g/mol. The monoisotopic (exact) mass is 450 g/mol. The molecule has 152 valence electrons. The maximum atomic E-state index is 12.2. The minimum atomic E-state index is -4.19. The summed E-state index contributed by atoms with van der Waals surface area (Å²) in [7, 11) is 1.42. The van der Waals surface area contributed by atoms with Crippen LogP contribution in [0.2, 0.25) is 0 Å². The molecule has 0 aliphatic carbocycles. The van der Waals surface area contributed by atoms with Crippen LogP contribution in [-0.4, -0.2) is 63.4 Å². The van der Waals surface area contributed by atoms with Crippen molar-refractivity contribution in [2.24, 2.45) is 5.92 Å². The SMILES string of the molecule is CN(CCCNC(=O)NCC1CCN(c2cccc(Br)c2)C1)CC(F)(F)F. The van der Waals surface area contributed by atoms with Gasteiger partial charge < -0.3 is 15.5 Å². The molecule has 1 aromatic carbocycles. The molecule has 1 saturated heterocycles. The number of urea groups is 1. The number of hydrogen-bond donors (Lipinski definition) is 2. The van der Waals surface area contributed by atoms with E-state index < -0.39 is 12.7 Å². The van der Waals surface area contributed by atoms with Gasteiger partial charge in [0.1, 0.15) is 0 Å². The number of carbonyl (C=O) groups is 1. The quantitative estimate of drug-likeness (QED) is 0.596. The summed E-state index contributed by atoms with van der Waals surface area (Å²) >= 11 is 3.48. The largest absolute Gasteiger partial charge is 0.401 e. The van der Waals surface area contributed by atoms with Crippen molar-refractivity contribution in [3.8, 4) is 0 Å². The number of hydrogen-bond acceptors (Lipinski definition) is 3. The Morgan fingerprint density at radius 2 is 2.15 bits per heavy atom. The summed E-state index contributed by atoms with van der Waals surface area (Å²) in [6, 6.07) is 7.88. The number of halogens is 4. The van der Waals surface area contributed by atoms with Crippen molar-refractivity contribution in [1.29, 1.82) is 0 Å². The normalized spacial score (nSPS) is 17.4. The Morgan fingerprint density at radius 3 is 2.85 bits per heavy atom. The minimum Gasteiger partial charge on any atom is -0.371 e. The van der Waals surface area contributed by atoms with E-state index in [0.29, 0.717) is 25.4 Å². The van der Waals surface area contributed by atoms with E-state index in [1.54, 1.807) is 0 Å². The molecule has 5 nitrogen and oxygen atoms in total. The molecule has 0 aromatic heterocycles. The summed E-state index contributed by atoms with van der Waals surface area (Å²) < 4.78 is 37.7. The lowest BCUT2D eigenvalue weighted by Crippen LogP contribution is -2.40. The molecule has 2 N–H and O–H groups in total. The Hall–Kier alpha value is -1.48. The Morgan fingerprint density at radius 1 is 1.37 bits per heavy atom. The highest BCUT2D eigenvalue weighted by molar-refractivity contribution is 9.10. The zero-order valence-corrected chi connectivity index (χ0v) is 16.9. The number of nitrogens with zero attached hydrogens (tertiary/aromatic N) is 2. The van der Waals surface area contributed by atoms with E-state index >= 15 is 0 Å². The fraction of sp³-hybridized carbons (Fsp3) is 0.611. The van der Waals surface area contributed by atoms with Crippen LogP contribution >= 0.6 is 15.9 Å². The number of benzene rings is 1. The van der Waals surface area contributed by atoms with Crippen molar-refractivity contribution >= 4 is 27.6 Å². The summed E-state index contributed by atoms with van der Waals surface area (Å²) in [5, 5.41) is 5.55. The van der Waals surface area contributed by atoms with Crippen LogP contribution in [0.4, 0.5) is 23.7 Å². The van der Waals surface area contributed by atoms with Crippen molar-refractivity contribution in [1.82, 2.24) is 15.5 Å². The molecule has 0 saturated carbocycles. The first-order chi connectivity index (χ1) is 12.7. The molecule has 1 aromatic rings. The van der Waals surface area contributed by atoms with Gasteiger partial charge in [-0.2, -0.15) is 13.2 Å². The number of alkyl halides is 3. The molecule has 9 heteroatoms. The second-order valence-corrected chi connectivity index (χ2v) is 7.84. The van der Waals surface area contributed by atoms with Crippen LogP contribution in [0.3, 0.4) is 0 Å². The van der Waals surface area contributed by atoms with Crippen LogP contribution in [0.5, 0.6) is 0 Å². The van der Waals surface area contributed by atoms with E-state index in [-0.39, 0.29) is 12.6 Å². The molecular formula is C18H26BrF3N4O. The molecule has 1 heterocycles. The Labute approximate surface area is 166 Å². The smallest absolute Gasteiger partial charge is 0.371 e. The molecule has 0 spiro atoms. The van der Waals surface area contributed by atoms with Crippen LogP contribution in [-0.2, 0) is 0 Å². The molecule has 0 radical (unpaired) electrons. The van der Waals surface area contributed by atoms with E-state index in [9.17, 15) is 18.0 Å². The van der Waals surface area contributed by atoms with Crippen LogP contribution in [0.1, 0.15) is 12.8 Å². The average Bonchev–Trinajstić information content (AvgIpc) is 3.04. The molecule has 1 fully saturated rings. The first-order valence-corrected chi connectivity index (χ1v) is 9.80. The van der Waals surface area contributed by atoms with Crippen molar-refractivity contribution in [2.45, 2.75) is 19.0 Å².